The van der Waals surface area contributed by atoms with Gasteiger partial charge in [0.15, 0.2) is 0 Å². The minimum absolute atomic E-state index is 0.0828. The Morgan fingerprint density at radius 2 is 1.65 bits per heavy atom. The minimum atomic E-state index is -0.491. The Kier molecular flexibility index (Phi) is 8.31. The van der Waals surface area contributed by atoms with Gasteiger partial charge in [-0.05, 0) is 68.0 Å². The van der Waals surface area contributed by atoms with Gasteiger partial charge in [0.25, 0.3) is 0 Å². The topological polar surface area (TPSA) is 26.3 Å². The van der Waals surface area contributed by atoms with Gasteiger partial charge in [-0.2, -0.15) is 0 Å². The molecule has 0 N–H and O–H groups in total. The van der Waals surface area contributed by atoms with E-state index >= 15 is 0 Å². The van der Waals surface area contributed by atoms with Crippen molar-refractivity contribution in [2.45, 2.75) is 58.8 Å². The molecule has 1 saturated carbocycles. The number of carbonyl (C=O) groups excluding carboxylic acids is 1. The van der Waals surface area contributed by atoms with Gasteiger partial charge in [-0.15, -0.1) is 0 Å². The number of carbonyl (C=O) groups is 1. The van der Waals surface area contributed by atoms with Crippen LogP contribution in [0.2, 0.25) is 0 Å². The maximum atomic E-state index is 14.5. The van der Waals surface area contributed by atoms with Crippen LogP contribution < -0.4 is 4.74 Å². The lowest BCUT2D eigenvalue weighted by Crippen LogP contribution is -2.25. The van der Waals surface area contributed by atoms with E-state index in [0.717, 1.165) is 49.1 Å². The van der Waals surface area contributed by atoms with E-state index in [1.165, 1.54) is 18.9 Å². The molecule has 0 aromatic heterocycles. The van der Waals surface area contributed by atoms with E-state index in [1.807, 2.05) is 31.2 Å². The van der Waals surface area contributed by atoms with Gasteiger partial charge in [0.05, 0.1) is 11.5 Å². The zero-order valence-electron chi connectivity index (χ0n) is 18.3. The van der Waals surface area contributed by atoms with Crippen LogP contribution in [0.25, 0.3) is 0 Å². The third-order valence-corrected chi connectivity index (χ3v) is 5.67. The summed E-state index contributed by atoms with van der Waals surface area (Å²) in [5.74, 6) is 12.0. The summed E-state index contributed by atoms with van der Waals surface area (Å²) in [6.07, 6.45) is 7.09. The van der Waals surface area contributed by atoms with Crippen molar-refractivity contribution in [3.63, 3.8) is 0 Å². The van der Waals surface area contributed by atoms with Crippen molar-refractivity contribution in [1.82, 2.24) is 0 Å². The highest BCUT2D eigenvalue weighted by Gasteiger charge is 2.27. The van der Waals surface area contributed by atoms with E-state index in [9.17, 15) is 9.18 Å². The van der Waals surface area contributed by atoms with E-state index in [-0.39, 0.29) is 23.2 Å². The van der Waals surface area contributed by atoms with Crippen LogP contribution in [0.1, 0.15) is 75.5 Å². The van der Waals surface area contributed by atoms with Gasteiger partial charge in [-0.3, -0.25) is 4.79 Å². The summed E-state index contributed by atoms with van der Waals surface area (Å²) in [4.78, 5) is 12.5. The molecule has 160 valence electrons. The minimum Gasteiger partial charge on any atom is -0.426 e. The molecule has 2 aromatic rings. The van der Waals surface area contributed by atoms with Gasteiger partial charge in [-0.1, -0.05) is 50.4 Å². The van der Waals surface area contributed by atoms with Crippen molar-refractivity contribution < 1.29 is 13.9 Å². The fourth-order valence-corrected chi connectivity index (χ4v) is 3.92. The molecule has 0 radical (unpaired) electrons. The van der Waals surface area contributed by atoms with Gasteiger partial charge in [0, 0.05) is 23.6 Å². The highest BCUT2D eigenvalue weighted by atomic mass is 19.1. The Labute approximate surface area is 185 Å². The van der Waals surface area contributed by atoms with Gasteiger partial charge in [0.1, 0.15) is 11.6 Å². The summed E-state index contributed by atoms with van der Waals surface area (Å²) in [5, 5.41) is 0. The molecule has 0 amide bonds. The summed E-state index contributed by atoms with van der Waals surface area (Å²) in [7, 11) is 0. The Morgan fingerprint density at radius 3 is 2.26 bits per heavy atom. The fraction of sp³-hybridized carbons (Fsp3) is 0.393. The molecule has 0 saturated heterocycles. The Balaban J connectivity index is 1.59. The first-order valence-corrected chi connectivity index (χ1v) is 11.2. The fourth-order valence-electron chi connectivity index (χ4n) is 3.92. The monoisotopic (exact) mass is 416 g/mol. The zero-order valence-corrected chi connectivity index (χ0v) is 18.3. The number of benzene rings is 2. The predicted molar refractivity (Wildman–Crippen MR) is 122 cm³/mol. The lowest BCUT2D eigenvalue weighted by Gasteiger charge is -2.26. The lowest BCUT2D eigenvalue weighted by molar-refractivity contribution is -0.140. The highest BCUT2D eigenvalue weighted by molar-refractivity contribution is 5.75. The molecule has 3 heteroatoms. The summed E-state index contributed by atoms with van der Waals surface area (Å²) < 4.78 is 19.9. The van der Waals surface area contributed by atoms with Crippen LogP contribution in [0.5, 0.6) is 5.75 Å². The van der Waals surface area contributed by atoms with E-state index in [2.05, 4.69) is 30.6 Å². The zero-order chi connectivity index (χ0) is 22.1. The average Bonchev–Trinajstić information content (AvgIpc) is 2.78. The van der Waals surface area contributed by atoms with Crippen molar-refractivity contribution in [2.75, 3.05) is 0 Å². The number of esters is 1. The van der Waals surface area contributed by atoms with Crippen LogP contribution in [-0.4, -0.2) is 5.97 Å². The molecule has 0 atom stereocenters. The number of hydrogen-bond acceptors (Lipinski definition) is 2. The average molecular weight is 417 g/mol. The second kappa shape index (κ2) is 11.4. The molecule has 0 aliphatic heterocycles. The van der Waals surface area contributed by atoms with Crippen LogP contribution in [0.3, 0.4) is 0 Å². The number of rotatable bonds is 4. The summed E-state index contributed by atoms with van der Waals surface area (Å²) in [5.41, 5.74) is 1.99. The van der Waals surface area contributed by atoms with E-state index in [0.29, 0.717) is 0 Å². The van der Waals surface area contributed by atoms with Crippen molar-refractivity contribution in [3.05, 3.63) is 65.0 Å². The molecular formula is C28H29FO2. The second-order valence-corrected chi connectivity index (χ2v) is 8.05. The van der Waals surface area contributed by atoms with Crippen molar-refractivity contribution >= 4 is 5.97 Å². The molecule has 2 nitrogen and oxygen atoms in total. The molecular weight excluding hydrogens is 387 g/mol. The quantitative estimate of drug-likeness (QED) is 0.323. The third-order valence-electron chi connectivity index (χ3n) is 5.67. The van der Waals surface area contributed by atoms with Crippen molar-refractivity contribution in [1.29, 1.82) is 0 Å². The van der Waals surface area contributed by atoms with Crippen molar-refractivity contribution in [3.8, 4) is 29.4 Å². The molecule has 0 heterocycles. The second-order valence-electron chi connectivity index (χ2n) is 8.05. The SMILES string of the molecule is CCC#Cc1ccc(C#Cc2ccc(OC(=O)[C@H]3CC[C@H](CCC)CC3)cc2F)cc1. The van der Waals surface area contributed by atoms with E-state index in [1.54, 1.807) is 12.1 Å². The summed E-state index contributed by atoms with van der Waals surface area (Å²) in [6.45, 7) is 4.20. The van der Waals surface area contributed by atoms with Crippen LogP contribution in [-0.2, 0) is 4.79 Å². The van der Waals surface area contributed by atoms with Crippen LogP contribution in [0.15, 0.2) is 42.5 Å². The molecule has 31 heavy (non-hydrogen) atoms. The number of halogens is 1. The first kappa shape index (κ1) is 22.6. The summed E-state index contributed by atoms with van der Waals surface area (Å²) >= 11 is 0. The van der Waals surface area contributed by atoms with E-state index in [4.69, 9.17) is 4.74 Å². The largest absolute Gasteiger partial charge is 0.426 e. The maximum absolute atomic E-state index is 14.5. The molecule has 0 unspecified atom stereocenters. The normalized spacial score (nSPS) is 17.6. The Morgan fingerprint density at radius 1 is 0.968 bits per heavy atom. The van der Waals surface area contributed by atoms with Crippen molar-refractivity contribution in [2.24, 2.45) is 11.8 Å². The third kappa shape index (κ3) is 6.73. The molecule has 1 fully saturated rings. The number of ether oxygens (including phenoxy) is 1. The molecule has 1 aliphatic rings. The van der Waals surface area contributed by atoms with E-state index < -0.39 is 5.82 Å². The first-order valence-electron chi connectivity index (χ1n) is 11.2. The molecule has 0 bridgehead atoms. The molecule has 3 rings (SSSR count). The Hall–Kier alpha value is -3.04. The van der Waals surface area contributed by atoms with Gasteiger partial charge >= 0.3 is 5.97 Å². The highest BCUT2D eigenvalue weighted by Crippen LogP contribution is 2.32. The first-order chi connectivity index (χ1) is 15.1. The van der Waals surface area contributed by atoms with Gasteiger partial charge < -0.3 is 4.74 Å². The van der Waals surface area contributed by atoms with Gasteiger partial charge in [-0.25, -0.2) is 4.39 Å². The molecule has 0 spiro atoms. The Bertz CT molecular complexity index is 1010. The van der Waals surface area contributed by atoms with Crippen LogP contribution >= 0.6 is 0 Å². The standard InChI is InChI=1S/C28H29FO2/c1-3-5-7-22-8-10-23(11-9-22)12-15-24-18-19-26(20-27(24)29)31-28(30)25-16-13-21(6-4-2)14-17-25/h8-11,18-21,25H,3-4,6,13-14,16-17H2,1-2H3/t21-,25-. The lowest BCUT2D eigenvalue weighted by atomic mass is 9.80. The number of hydrogen-bond donors (Lipinski definition) is 0. The summed E-state index contributed by atoms with van der Waals surface area (Å²) in [6, 6.07) is 12.0. The molecule has 1 aliphatic carbocycles. The van der Waals surface area contributed by atoms with Gasteiger partial charge in [0.2, 0.25) is 0 Å². The predicted octanol–water partition coefficient (Wildman–Crippen LogP) is 6.50. The van der Waals surface area contributed by atoms with Crippen LogP contribution in [0.4, 0.5) is 4.39 Å². The van der Waals surface area contributed by atoms with Crippen LogP contribution in [0, 0.1) is 41.3 Å². The molecule has 2 aromatic carbocycles. The maximum Gasteiger partial charge on any atom is 0.314 e. The smallest absolute Gasteiger partial charge is 0.314 e.